The average Bonchev–Trinajstić information content (AvgIpc) is 2.89. The zero-order chi connectivity index (χ0) is 12.2. The Morgan fingerprint density at radius 1 is 1.12 bits per heavy atom. The number of carbonyl (C=O) groups is 1. The molecule has 0 spiro atoms. The molecule has 2 amide bonds. The van der Waals surface area contributed by atoms with Crippen molar-refractivity contribution in [3.05, 3.63) is 0 Å². The molecule has 2 unspecified atom stereocenters. The topological polar surface area (TPSA) is 57.7 Å². The minimum atomic E-state index is -2.97. The van der Waals surface area contributed by atoms with Crippen molar-refractivity contribution in [3.63, 3.8) is 0 Å². The summed E-state index contributed by atoms with van der Waals surface area (Å²) in [6, 6.07) is 0.0407. The zero-order valence-electron chi connectivity index (χ0n) is 10.0. The molecule has 2 saturated heterocycles. The highest BCUT2D eigenvalue weighted by molar-refractivity contribution is 7.92. The number of nitrogens with zero attached hydrogens (tertiary/aromatic N) is 2. The second kappa shape index (κ2) is 3.60. The number of likely N-dealkylation sites (tertiary alicyclic amines) is 1. The van der Waals surface area contributed by atoms with Crippen LogP contribution in [0.2, 0.25) is 0 Å². The van der Waals surface area contributed by atoms with Gasteiger partial charge in [-0.15, -0.1) is 0 Å². The third-order valence-electron chi connectivity index (χ3n) is 4.26. The average molecular weight is 258 g/mol. The smallest absolute Gasteiger partial charge is 0.320 e. The van der Waals surface area contributed by atoms with Crippen molar-refractivity contribution in [2.45, 2.75) is 18.6 Å². The Balaban J connectivity index is 1.63. The van der Waals surface area contributed by atoms with E-state index in [-0.39, 0.29) is 11.8 Å². The molecule has 0 aromatic rings. The summed E-state index contributed by atoms with van der Waals surface area (Å²) in [7, 11) is -2.97. The number of fused-ring (bicyclic) bond motifs is 1. The molecular formula is C11H18N2O3S. The molecule has 0 radical (unpaired) electrons. The van der Waals surface area contributed by atoms with Crippen molar-refractivity contribution in [3.8, 4) is 0 Å². The predicted octanol–water partition coefficient (Wildman–Crippen LogP) is 0.177. The molecule has 1 saturated carbocycles. The highest BCUT2D eigenvalue weighted by atomic mass is 32.2. The van der Waals surface area contributed by atoms with E-state index < -0.39 is 15.1 Å². The summed E-state index contributed by atoms with van der Waals surface area (Å²) in [4.78, 5) is 15.8. The van der Waals surface area contributed by atoms with E-state index in [2.05, 4.69) is 0 Å². The molecule has 3 atom stereocenters. The normalized spacial score (nSPS) is 39.0. The molecule has 0 bridgehead atoms. The Hall–Kier alpha value is -0.780. The molecule has 1 aliphatic carbocycles. The molecular weight excluding hydrogens is 240 g/mol. The van der Waals surface area contributed by atoms with E-state index in [1.54, 1.807) is 11.8 Å². The molecule has 0 aromatic carbocycles. The van der Waals surface area contributed by atoms with Crippen molar-refractivity contribution >= 4 is 15.9 Å². The summed E-state index contributed by atoms with van der Waals surface area (Å²) < 4.78 is 23.2. The summed E-state index contributed by atoms with van der Waals surface area (Å²) in [6.07, 6.45) is 1.27. The number of amides is 2. The number of piperidine rings is 1. The summed E-state index contributed by atoms with van der Waals surface area (Å²) in [5.74, 6) is 1.57. The van der Waals surface area contributed by atoms with Crippen LogP contribution < -0.4 is 0 Å². The van der Waals surface area contributed by atoms with Crippen LogP contribution in [0.15, 0.2) is 0 Å². The van der Waals surface area contributed by atoms with Crippen LogP contribution in [-0.2, 0) is 9.84 Å². The van der Waals surface area contributed by atoms with Crippen molar-refractivity contribution in [1.29, 1.82) is 0 Å². The van der Waals surface area contributed by atoms with Gasteiger partial charge in [0, 0.05) is 26.2 Å². The van der Waals surface area contributed by atoms with E-state index in [0.717, 1.165) is 24.9 Å². The largest absolute Gasteiger partial charge is 0.324 e. The lowest BCUT2D eigenvalue weighted by Gasteiger charge is -2.34. The molecule has 3 fully saturated rings. The Labute approximate surface area is 102 Å². The maximum Gasteiger partial charge on any atom is 0.320 e. The standard InChI is InChI=1S/C11H18N2O3S/c1-8-5-12(2-3-17(8,15)16)11(14)13-6-9-4-10(9)7-13/h8-10H,2-7H2,1H3/t8-,9?,10?/m0/s1. The van der Waals surface area contributed by atoms with E-state index in [1.165, 1.54) is 6.42 Å². The fourth-order valence-corrected chi connectivity index (χ4v) is 4.17. The fraction of sp³-hybridized carbons (Fsp3) is 0.909. The van der Waals surface area contributed by atoms with Gasteiger partial charge in [0.15, 0.2) is 9.84 Å². The number of urea groups is 1. The molecule has 2 heterocycles. The van der Waals surface area contributed by atoms with Crippen molar-refractivity contribution in [1.82, 2.24) is 9.80 Å². The van der Waals surface area contributed by atoms with Gasteiger partial charge in [-0.3, -0.25) is 0 Å². The molecule has 0 N–H and O–H groups in total. The Kier molecular flexibility index (Phi) is 2.40. The van der Waals surface area contributed by atoms with Crippen LogP contribution in [0.1, 0.15) is 13.3 Å². The summed E-state index contributed by atoms with van der Waals surface area (Å²) in [6.45, 7) is 4.16. The number of hydrogen-bond donors (Lipinski definition) is 0. The van der Waals surface area contributed by atoms with Gasteiger partial charge in [-0.25, -0.2) is 13.2 Å². The van der Waals surface area contributed by atoms with E-state index in [0.29, 0.717) is 13.1 Å². The molecule has 96 valence electrons. The summed E-state index contributed by atoms with van der Waals surface area (Å²) in [5, 5.41) is -0.419. The first kappa shape index (κ1) is 11.3. The van der Waals surface area contributed by atoms with Crippen LogP contribution >= 0.6 is 0 Å². The lowest BCUT2D eigenvalue weighted by Crippen LogP contribution is -2.52. The van der Waals surface area contributed by atoms with Crippen molar-refractivity contribution in [2.75, 3.05) is 31.9 Å². The maximum atomic E-state index is 12.2. The third kappa shape index (κ3) is 1.92. The molecule has 3 aliphatic rings. The molecule has 2 aliphatic heterocycles. The maximum absolute atomic E-state index is 12.2. The van der Waals surface area contributed by atoms with Crippen LogP contribution in [0.5, 0.6) is 0 Å². The minimum absolute atomic E-state index is 0.0407. The number of carbonyl (C=O) groups excluding carboxylic acids is 1. The van der Waals surface area contributed by atoms with E-state index >= 15 is 0 Å². The highest BCUT2D eigenvalue weighted by Crippen LogP contribution is 2.45. The molecule has 5 nitrogen and oxygen atoms in total. The highest BCUT2D eigenvalue weighted by Gasteiger charge is 2.47. The zero-order valence-corrected chi connectivity index (χ0v) is 10.8. The second-order valence-corrected chi connectivity index (χ2v) is 8.11. The van der Waals surface area contributed by atoms with Crippen LogP contribution in [0.3, 0.4) is 0 Å². The van der Waals surface area contributed by atoms with Crippen LogP contribution in [0, 0.1) is 11.8 Å². The SMILES string of the molecule is C[C@H]1CN(C(=O)N2CC3CC3C2)CCS1(=O)=O. The monoisotopic (exact) mass is 258 g/mol. The predicted molar refractivity (Wildman–Crippen MR) is 63.4 cm³/mol. The van der Waals surface area contributed by atoms with Crippen LogP contribution in [0.25, 0.3) is 0 Å². The minimum Gasteiger partial charge on any atom is -0.324 e. The summed E-state index contributed by atoms with van der Waals surface area (Å²) >= 11 is 0. The molecule has 3 rings (SSSR count). The van der Waals surface area contributed by atoms with Gasteiger partial charge in [0.1, 0.15) is 0 Å². The lowest BCUT2D eigenvalue weighted by atomic mass is 10.4. The number of hydrogen-bond acceptors (Lipinski definition) is 3. The van der Waals surface area contributed by atoms with Gasteiger partial charge in [0.2, 0.25) is 0 Å². The third-order valence-corrected chi connectivity index (χ3v) is 6.38. The van der Waals surface area contributed by atoms with Gasteiger partial charge in [-0.05, 0) is 25.2 Å². The second-order valence-electron chi connectivity index (χ2n) is 5.57. The van der Waals surface area contributed by atoms with Gasteiger partial charge < -0.3 is 9.80 Å². The fourth-order valence-electron chi connectivity index (χ4n) is 2.88. The van der Waals surface area contributed by atoms with Gasteiger partial charge >= 0.3 is 6.03 Å². The van der Waals surface area contributed by atoms with E-state index in [9.17, 15) is 13.2 Å². The van der Waals surface area contributed by atoms with E-state index in [1.807, 2.05) is 4.90 Å². The number of rotatable bonds is 0. The quantitative estimate of drug-likeness (QED) is 0.622. The van der Waals surface area contributed by atoms with E-state index in [4.69, 9.17) is 0 Å². The molecule has 17 heavy (non-hydrogen) atoms. The van der Waals surface area contributed by atoms with Gasteiger partial charge in [-0.1, -0.05) is 0 Å². The first-order chi connectivity index (χ1) is 7.97. The van der Waals surface area contributed by atoms with Gasteiger partial charge in [0.05, 0.1) is 11.0 Å². The van der Waals surface area contributed by atoms with Crippen LogP contribution in [-0.4, -0.2) is 61.4 Å². The Morgan fingerprint density at radius 2 is 1.76 bits per heavy atom. The first-order valence-electron chi connectivity index (χ1n) is 6.23. The number of sulfone groups is 1. The summed E-state index contributed by atoms with van der Waals surface area (Å²) in [5.41, 5.74) is 0. The lowest BCUT2D eigenvalue weighted by molar-refractivity contribution is 0.159. The Morgan fingerprint density at radius 3 is 2.35 bits per heavy atom. The molecule has 6 heteroatoms. The first-order valence-corrected chi connectivity index (χ1v) is 7.94. The Bertz CT molecular complexity index is 438. The van der Waals surface area contributed by atoms with Crippen molar-refractivity contribution < 1.29 is 13.2 Å². The van der Waals surface area contributed by atoms with Crippen molar-refractivity contribution in [2.24, 2.45) is 11.8 Å². The van der Waals surface area contributed by atoms with Crippen LogP contribution in [0.4, 0.5) is 4.79 Å². The van der Waals surface area contributed by atoms with Gasteiger partial charge in [-0.2, -0.15) is 0 Å². The van der Waals surface area contributed by atoms with Gasteiger partial charge in [0.25, 0.3) is 0 Å². The molecule has 0 aromatic heterocycles.